The molecule has 2 aromatic carbocycles. The van der Waals surface area contributed by atoms with Gasteiger partial charge >= 0.3 is 0 Å². The van der Waals surface area contributed by atoms with Crippen LogP contribution in [0.1, 0.15) is 50.8 Å². The number of amides is 2. The van der Waals surface area contributed by atoms with Crippen LogP contribution in [0.25, 0.3) is 0 Å². The van der Waals surface area contributed by atoms with Crippen molar-refractivity contribution in [3.05, 3.63) is 96.2 Å². The molecule has 0 radical (unpaired) electrons. The van der Waals surface area contributed by atoms with Crippen molar-refractivity contribution in [2.24, 2.45) is 0 Å². The fourth-order valence-corrected chi connectivity index (χ4v) is 5.85. The van der Waals surface area contributed by atoms with E-state index in [1.807, 2.05) is 30.0 Å². The van der Waals surface area contributed by atoms with E-state index in [4.69, 9.17) is 11.6 Å². The van der Waals surface area contributed by atoms with Crippen LogP contribution in [0.5, 0.6) is 0 Å². The van der Waals surface area contributed by atoms with E-state index in [1.54, 1.807) is 16.2 Å². The highest BCUT2D eigenvalue weighted by atomic mass is 35.5. The smallest absolute Gasteiger partial charge is 0.288 e. The maximum atomic E-state index is 13.7. The van der Waals surface area contributed by atoms with Crippen LogP contribution in [0.2, 0.25) is 5.02 Å². The van der Waals surface area contributed by atoms with Crippen LogP contribution in [0.3, 0.4) is 0 Å². The largest absolute Gasteiger partial charge is 0.330 e. The van der Waals surface area contributed by atoms with Gasteiger partial charge in [-0.2, -0.15) is 0 Å². The molecule has 0 N–H and O–H groups in total. The number of nitro groups is 1. The quantitative estimate of drug-likeness (QED) is 0.329. The first-order valence-corrected chi connectivity index (χ1v) is 12.8. The number of nitro benzene ring substituents is 1. The van der Waals surface area contributed by atoms with E-state index in [9.17, 15) is 19.7 Å². The SMILES string of the molecule is Cc1ccccc1C1c2ccsc2CCN1C(=O)CN(C(=O)c1ccc(Cl)c([N+](=O)[O-])c1)C1CC1. The third-order valence-corrected chi connectivity index (χ3v) is 8.03. The number of halogens is 1. The number of thiophene rings is 1. The molecular weight excluding hydrogens is 486 g/mol. The number of rotatable bonds is 6. The molecule has 3 aromatic rings. The molecular formula is C26H24ClN3O4S. The Morgan fingerprint density at radius 3 is 2.66 bits per heavy atom. The Morgan fingerprint density at radius 2 is 1.94 bits per heavy atom. The topological polar surface area (TPSA) is 83.8 Å². The van der Waals surface area contributed by atoms with Gasteiger partial charge in [0.15, 0.2) is 0 Å². The first kappa shape index (κ1) is 23.5. The lowest BCUT2D eigenvalue weighted by Gasteiger charge is -2.38. The van der Waals surface area contributed by atoms with E-state index in [0.717, 1.165) is 36.0 Å². The maximum absolute atomic E-state index is 13.7. The summed E-state index contributed by atoms with van der Waals surface area (Å²) in [6, 6.07) is 14.0. The van der Waals surface area contributed by atoms with Gasteiger partial charge < -0.3 is 9.80 Å². The molecule has 7 nitrogen and oxygen atoms in total. The highest BCUT2D eigenvalue weighted by Crippen LogP contribution is 2.39. The Morgan fingerprint density at radius 1 is 1.17 bits per heavy atom. The molecule has 180 valence electrons. The highest BCUT2D eigenvalue weighted by molar-refractivity contribution is 7.10. The summed E-state index contributed by atoms with van der Waals surface area (Å²) >= 11 is 7.64. The van der Waals surface area contributed by atoms with E-state index in [-0.39, 0.29) is 46.7 Å². The minimum atomic E-state index is -0.606. The summed E-state index contributed by atoms with van der Waals surface area (Å²) < 4.78 is 0. The first-order valence-electron chi connectivity index (χ1n) is 11.5. The summed E-state index contributed by atoms with van der Waals surface area (Å²) in [5.41, 5.74) is 3.17. The Kier molecular flexibility index (Phi) is 6.34. The summed E-state index contributed by atoms with van der Waals surface area (Å²) in [6.07, 6.45) is 2.40. The number of hydrogen-bond acceptors (Lipinski definition) is 5. The third-order valence-electron chi connectivity index (χ3n) is 6.71. The predicted octanol–water partition coefficient (Wildman–Crippen LogP) is 5.40. The monoisotopic (exact) mass is 509 g/mol. The zero-order valence-corrected chi connectivity index (χ0v) is 20.7. The second-order valence-corrected chi connectivity index (χ2v) is 10.4. The molecule has 1 unspecified atom stereocenters. The van der Waals surface area contributed by atoms with Crippen molar-refractivity contribution in [2.75, 3.05) is 13.1 Å². The zero-order chi connectivity index (χ0) is 24.7. The summed E-state index contributed by atoms with van der Waals surface area (Å²) in [7, 11) is 0. The van der Waals surface area contributed by atoms with Crippen LogP contribution >= 0.6 is 22.9 Å². The second kappa shape index (κ2) is 9.43. The molecule has 1 atom stereocenters. The molecule has 35 heavy (non-hydrogen) atoms. The van der Waals surface area contributed by atoms with Crippen LogP contribution in [-0.2, 0) is 11.2 Å². The highest BCUT2D eigenvalue weighted by Gasteiger charge is 2.39. The van der Waals surface area contributed by atoms with Crippen LogP contribution in [0, 0.1) is 17.0 Å². The average molecular weight is 510 g/mol. The minimum absolute atomic E-state index is 0.0263. The number of nitrogens with zero attached hydrogens (tertiary/aromatic N) is 3. The molecule has 2 amide bonds. The van der Waals surface area contributed by atoms with Gasteiger partial charge in [0.1, 0.15) is 11.6 Å². The fourth-order valence-electron chi connectivity index (χ4n) is 4.75. The van der Waals surface area contributed by atoms with Crippen LogP contribution in [0.15, 0.2) is 53.9 Å². The van der Waals surface area contributed by atoms with E-state index in [1.165, 1.54) is 23.1 Å². The van der Waals surface area contributed by atoms with E-state index in [0.29, 0.717) is 6.54 Å². The molecule has 9 heteroatoms. The summed E-state index contributed by atoms with van der Waals surface area (Å²) in [5, 5.41) is 13.4. The summed E-state index contributed by atoms with van der Waals surface area (Å²) in [5.74, 6) is -0.514. The number of benzene rings is 2. The predicted molar refractivity (Wildman–Crippen MR) is 135 cm³/mol. The van der Waals surface area contributed by atoms with Gasteiger partial charge in [-0.25, -0.2) is 0 Å². The van der Waals surface area contributed by atoms with Gasteiger partial charge in [-0.05, 0) is 66.5 Å². The van der Waals surface area contributed by atoms with Crippen molar-refractivity contribution >= 4 is 40.4 Å². The number of carbonyl (C=O) groups is 2. The molecule has 2 heterocycles. The molecule has 1 saturated carbocycles. The zero-order valence-electron chi connectivity index (χ0n) is 19.1. The van der Waals surface area contributed by atoms with Gasteiger partial charge in [0.05, 0.1) is 11.0 Å². The summed E-state index contributed by atoms with van der Waals surface area (Å²) in [6.45, 7) is 2.55. The van der Waals surface area contributed by atoms with Gasteiger partial charge in [0.2, 0.25) is 5.91 Å². The molecule has 2 aliphatic rings. The third kappa shape index (κ3) is 4.56. The number of aryl methyl sites for hydroxylation is 1. The lowest BCUT2D eigenvalue weighted by Crippen LogP contribution is -2.47. The average Bonchev–Trinajstić information content (AvgIpc) is 3.57. The lowest BCUT2D eigenvalue weighted by molar-refractivity contribution is -0.384. The number of hydrogen-bond donors (Lipinski definition) is 0. The minimum Gasteiger partial charge on any atom is -0.330 e. The van der Waals surface area contributed by atoms with E-state index >= 15 is 0 Å². The fraction of sp³-hybridized carbons (Fsp3) is 0.308. The molecule has 0 spiro atoms. The van der Waals surface area contributed by atoms with Gasteiger partial charge in [-0.15, -0.1) is 11.3 Å². The van der Waals surface area contributed by atoms with E-state index in [2.05, 4.69) is 17.5 Å². The van der Waals surface area contributed by atoms with Gasteiger partial charge in [0.25, 0.3) is 11.6 Å². The van der Waals surface area contributed by atoms with Crippen molar-refractivity contribution in [3.8, 4) is 0 Å². The van der Waals surface area contributed by atoms with Gasteiger partial charge in [0, 0.05) is 29.1 Å². The number of fused-ring (bicyclic) bond motifs is 1. The molecule has 0 saturated heterocycles. The Hall–Kier alpha value is -3.23. The van der Waals surface area contributed by atoms with Crippen molar-refractivity contribution in [3.63, 3.8) is 0 Å². The maximum Gasteiger partial charge on any atom is 0.288 e. The van der Waals surface area contributed by atoms with Crippen molar-refractivity contribution in [1.82, 2.24) is 9.80 Å². The number of carbonyl (C=O) groups excluding carboxylic acids is 2. The first-order chi connectivity index (χ1) is 16.8. The van der Waals surface area contributed by atoms with Gasteiger partial charge in [-0.1, -0.05) is 35.9 Å². The molecule has 5 rings (SSSR count). The molecule has 1 aliphatic heterocycles. The van der Waals surface area contributed by atoms with Crippen molar-refractivity contribution in [2.45, 2.75) is 38.3 Å². The van der Waals surface area contributed by atoms with Crippen molar-refractivity contribution in [1.29, 1.82) is 0 Å². The van der Waals surface area contributed by atoms with Crippen LogP contribution in [0.4, 0.5) is 5.69 Å². The molecule has 1 aliphatic carbocycles. The van der Waals surface area contributed by atoms with Crippen LogP contribution < -0.4 is 0 Å². The Balaban J connectivity index is 1.44. The standard InChI is InChI=1S/C26H24ClN3O4S/c1-16-4-2-3-5-19(16)25-20-11-13-35-23(20)10-12-28(25)24(31)15-29(18-7-8-18)26(32)17-6-9-21(27)22(14-17)30(33)34/h2-6,9,11,13-14,18,25H,7-8,10,12,15H2,1H3. The summed E-state index contributed by atoms with van der Waals surface area (Å²) in [4.78, 5) is 42.6. The molecule has 1 fully saturated rings. The van der Waals surface area contributed by atoms with Crippen LogP contribution in [-0.4, -0.2) is 45.7 Å². The Bertz CT molecular complexity index is 1320. The second-order valence-electron chi connectivity index (χ2n) is 8.98. The molecule has 1 aromatic heterocycles. The van der Waals surface area contributed by atoms with Crippen molar-refractivity contribution < 1.29 is 14.5 Å². The van der Waals surface area contributed by atoms with E-state index < -0.39 is 4.92 Å². The molecule has 0 bridgehead atoms. The Labute approximate surface area is 212 Å². The van der Waals surface area contributed by atoms with Gasteiger partial charge in [-0.3, -0.25) is 19.7 Å². The normalized spacial score (nSPS) is 17.1. The lowest BCUT2D eigenvalue weighted by atomic mass is 9.90.